The van der Waals surface area contributed by atoms with Crippen molar-refractivity contribution >= 4 is 39.8 Å². The first-order chi connectivity index (χ1) is 16.5. The zero-order valence-corrected chi connectivity index (χ0v) is 20.2. The number of esters is 1. The number of carbonyl (C=O) groups excluding carboxylic acids is 3. The second-order valence-corrected chi connectivity index (χ2v) is 8.84. The van der Waals surface area contributed by atoms with Gasteiger partial charge in [0.25, 0.3) is 11.8 Å². The normalized spacial score (nSPS) is 10.8. The Morgan fingerprint density at radius 3 is 2.54 bits per heavy atom. The van der Waals surface area contributed by atoms with Gasteiger partial charge in [0.05, 0.1) is 21.5 Å². The molecule has 0 aliphatic heterocycles. The molecule has 35 heavy (non-hydrogen) atoms. The number of amides is 2. The Kier molecular flexibility index (Phi) is 7.55. The number of nitro groups is 1. The van der Waals surface area contributed by atoms with E-state index in [2.05, 4.69) is 5.32 Å². The molecule has 0 radical (unpaired) electrons. The Labute approximate surface area is 204 Å². The smallest absolute Gasteiger partial charge is 0.341 e. The second-order valence-electron chi connectivity index (χ2n) is 7.82. The van der Waals surface area contributed by atoms with Crippen LogP contribution in [0.3, 0.4) is 0 Å². The molecule has 0 aliphatic rings. The zero-order chi connectivity index (χ0) is 25.9. The summed E-state index contributed by atoms with van der Waals surface area (Å²) in [5, 5.41) is 13.9. The molecular formula is C23H23N3O8S. The maximum Gasteiger partial charge on any atom is 0.341 e. The molecule has 3 N–H and O–H groups in total. The van der Waals surface area contributed by atoms with Gasteiger partial charge in [-0.1, -0.05) is 6.07 Å². The summed E-state index contributed by atoms with van der Waals surface area (Å²) in [4.78, 5) is 47.9. The third-order valence-corrected chi connectivity index (χ3v) is 5.93. The van der Waals surface area contributed by atoms with Crippen molar-refractivity contribution in [3.8, 4) is 5.75 Å². The molecule has 3 rings (SSSR count). The molecule has 0 fully saturated rings. The number of hydrogen-bond donors (Lipinski definition) is 2. The van der Waals surface area contributed by atoms with Crippen molar-refractivity contribution in [1.82, 2.24) is 0 Å². The second kappa shape index (κ2) is 10.4. The van der Waals surface area contributed by atoms with Crippen molar-refractivity contribution < 1.29 is 33.2 Å². The molecule has 2 amide bonds. The van der Waals surface area contributed by atoms with Crippen molar-refractivity contribution in [3.05, 3.63) is 73.5 Å². The van der Waals surface area contributed by atoms with Crippen LogP contribution in [0.1, 0.15) is 61.3 Å². The molecule has 0 spiro atoms. The van der Waals surface area contributed by atoms with E-state index in [-0.39, 0.29) is 45.0 Å². The highest BCUT2D eigenvalue weighted by molar-refractivity contribution is 7.18. The Balaban J connectivity index is 1.78. The van der Waals surface area contributed by atoms with Crippen LogP contribution in [0.5, 0.6) is 5.75 Å². The van der Waals surface area contributed by atoms with E-state index in [0.717, 1.165) is 11.3 Å². The van der Waals surface area contributed by atoms with Crippen molar-refractivity contribution in [2.75, 3.05) is 5.32 Å². The van der Waals surface area contributed by atoms with Crippen LogP contribution >= 0.6 is 11.3 Å². The molecule has 0 saturated heterocycles. The summed E-state index contributed by atoms with van der Waals surface area (Å²) >= 11 is 0.855. The molecule has 184 valence electrons. The van der Waals surface area contributed by atoms with Crippen LogP contribution in [0.4, 0.5) is 10.7 Å². The number of furan rings is 1. The number of nitrogens with zero attached hydrogens (tertiary/aromatic N) is 1. The van der Waals surface area contributed by atoms with Crippen LogP contribution in [-0.2, 0) is 11.3 Å². The van der Waals surface area contributed by atoms with Gasteiger partial charge in [0.1, 0.15) is 17.4 Å². The van der Waals surface area contributed by atoms with Crippen LogP contribution in [0.25, 0.3) is 0 Å². The standard InChI is InChI=1S/C23H23N3O8S/c1-11(2)33-23(29)18-13(4)19(20(24)27)35-22(18)25-21(28)17-8-6-14(34-17)10-32-16-7-5-12(3)9-15(16)26(30)31/h5-9,11H,10H2,1-4H3,(H2,24,27)(H,25,28). The lowest BCUT2D eigenvalue weighted by molar-refractivity contribution is -0.386. The number of benzene rings is 1. The lowest BCUT2D eigenvalue weighted by Gasteiger charge is -2.10. The summed E-state index contributed by atoms with van der Waals surface area (Å²) in [7, 11) is 0. The van der Waals surface area contributed by atoms with Gasteiger partial charge in [-0.3, -0.25) is 19.7 Å². The number of nitrogens with two attached hydrogens (primary N) is 1. The molecule has 0 unspecified atom stereocenters. The van der Waals surface area contributed by atoms with E-state index < -0.39 is 28.8 Å². The minimum Gasteiger partial charge on any atom is -0.479 e. The molecular weight excluding hydrogens is 478 g/mol. The molecule has 2 aromatic heterocycles. The lowest BCUT2D eigenvalue weighted by atomic mass is 10.1. The van der Waals surface area contributed by atoms with E-state index in [0.29, 0.717) is 11.1 Å². The quantitative estimate of drug-likeness (QED) is 0.248. The van der Waals surface area contributed by atoms with E-state index in [9.17, 15) is 24.5 Å². The highest BCUT2D eigenvalue weighted by Gasteiger charge is 2.27. The summed E-state index contributed by atoms with van der Waals surface area (Å²) in [5.74, 6) is -1.93. The number of rotatable bonds is 9. The van der Waals surface area contributed by atoms with Gasteiger partial charge < -0.3 is 24.9 Å². The first kappa shape index (κ1) is 25.4. The van der Waals surface area contributed by atoms with Crippen molar-refractivity contribution in [2.24, 2.45) is 5.73 Å². The average molecular weight is 502 g/mol. The van der Waals surface area contributed by atoms with Crippen LogP contribution in [0.15, 0.2) is 34.7 Å². The fourth-order valence-electron chi connectivity index (χ4n) is 3.14. The molecule has 0 atom stereocenters. The maximum absolute atomic E-state index is 12.8. The molecule has 1 aromatic carbocycles. The maximum atomic E-state index is 12.8. The Morgan fingerprint density at radius 1 is 1.20 bits per heavy atom. The summed E-state index contributed by atoms with van der Waals surface area (Å²) in [6.45, 7) is 6.45. The monoisotopic (exact) mass is 501 g/mol. The van der Waals surface area contributed by atoms with Gasteiger partial charge in [-0.05, 0) is 57.0 Å². The van der Waals surface area contributed by atoms with Gasteiger partial charge in [0.15, 0.2) is 11.5 Å². The molecule has 3 aromatic rings. The van der Waals surface area contributed by atoms with Crippen LogP contribution in [0.2, 0.25) is 0 Å². The number of nitro benzene ring substituents is 1. The molecule has 12 heteroatoms. The number of aryl methyl sites for hydroxylation is 1. The third kappa shape index (κ3) is 5.84. The van der Waals surface area contributed by atoms with Gasteiger partial charge >= 0.3 is 11.7 Å². The van der Waals surface area contributed by atoms with E-state index >= 15 is 0 Å². The molecule has 0 saturated carbocycles. The SMILES string of the molecule is Cc1ccc(OCc2ccc(C(=O)Nc3sc(C(N)=O)c(C)c3C(=O)OC(C)C)o2)c([N+](=O)[O-])c1. The van der Waals surface area contributed by atoms with E-state index in [4.69, 9.17) is 19.6 Å². The fraction of sp³-hybridized carbons (Fsp3) is 0.261. The minimum atomic E-state index is -0.741. The van der Waals surface area contributed by atoms with E-state index in [1.54, 1.807) is 26.8 Å². The number of hydrogen-bond acceptors (Lipinski definition) is 9. The summed E-state index contributed by atoms with van der Waals surface area (Å²) in [6, 6.07) is 7.42. The van der Waals surface area contributed by atoms with Crippen LogP contribution < -0.4 is 15.8 Å². The first-order valence-electron chi connectivity index (χ1n) is 10.4. The highest BCUT2D eigenvalue weighted by atomic mass is 32.1. The van der Waals surface area contributed by atoms with Gasteiger partial charge in [0, 0.05) is 6.07 Å². The minimum absolute atomic E-state index is 0.0349. The molecule has 11 nitrogen and oxygen atoms in total. The predicted molar refractivity (Wildman–Crippen MR) is 127 cm³/mol. The Morgan fingerprint density at radius 2 is 1.91 bits per heavy atom. The molecule has 2 heterocycles. The number of nitrogens with one attached hydrogen (secondary N) is 1. The number of primary amides is 1. The topological polar surface area (TPSA) is 164 Å². The summed E-state index contributed by atoms with van der Waals surface area (Å²) < 4.78 is 16.2. The average Bonchev–Trinajstić information content (AvgIpc) is 3.36. The highest BCUT2D eigenvalue weighted by Crippen LogP contribution is 2.34. The molecule has 0 bridgehead atoms. The van der Waals surface area contributed by atoms with Crippen molar-refractivity contribution in [2.45, 2.75) is 40.4 Å². The van der Waals surface area contributed by atoms with Crippen molar-refractivity contribution in [3.63, 3.8) is 0 Å². The van der Waals surface area contributed by atoms with Crippen LogP contribution in [0, 0.1) is 24.0 Å². The Hall–Kier alpha value is -4.19. The summed E-state index contributed by atoms with van der Waals surface area (Å²) in [6.07, 6.45) is -0.417. The molecule has 0 aliphatic carbocycles. The van der Waals surface area contributed by atoms with Crippen LogP contribution in [-0.4, -0.2) is 28.8 Å². The zero-order valence-electron chi connectivity index (χ0n) is 19.4. The van der Waals surface area contributed by atoms with Gasteiger partial charge in [0.2, 0.25) is 0 Å². The van der Waals surface area contributed by atoms with E-state index in [1.807, 2.05) is 0 Å². The van der Waals surface area contributed by atoms with Gasteiger partial charge in [-0.2, -0.15) is 0 Å². The number of carbonyl (C=O) groups is 3. The van der Waals surface area contributed by atoms with Gasteiger partial charge in [-0.25, -0.2) is 4.79 Å². The predicted octanol–water partition coefficient (Wildman–Crippen LogP) is 4.36. The summed E-state index contributed by atoms with van der Waals surface area (Å²) in [5.41, 5.74) is 6.25. The van der Waals surface area contributed by atoms with E-state index in [1.165, 1.54) is 31.2 Å². The van der Waals surface area contributed by atoms with Gasteiger partial charge in [-0.15, -0.1) is 11.3 Å². The lowest BCUT2D eigenvalue weighted by Crippen LogP contribution is -2.17. The number of thiophene rings is 1. The fourth-order valence-corrected chi connectivity index (χ4v) is 4.18. The Bertz CT molecular complexity index is 1310. The number of ether oxygens (including phenoxy) is 2. The first-order valence-corrected chi connectivity index (χ1v) is 11.2. The van der Waals surface area contributed by atoms with Crippen molar-refractivity contribution in [1.29, 1.82) is 0 Å². The third-order valence-electron chi connectivity index (χ3n) is 4.71. The largest absolute Gasteiger partial charge is 0.479 e. The number of anilines is 1.